The number of rotatable bonds is 16. The van der Waals surface area contributed by atoms with Gasteiger partial charge in [0.2, 0.25) is 0 Å². The average molecular weight is 485 g/mol. The molecule has 35 heavy (non-hydrogen) atoms. The molecule has 2 N–H and O–H groups in total. The van der Waals surface area contributed by atoms with Gasteiger partial charge < -0.3 is 19.7 Å². The van der Waals surface area contributed by atoms with Gasteiger partial charge in [-0.05, 0) is 91.2 Å². The second-order valence-electron chi connectivity index (χ2n) is 11.9. The van der Waals surface area contributed by atoms with Gasteiger partial charge in [-0.25, -0.2) is 0 Å². The molecule has 0 saturated carbocycles. The number of allylic oxidation sites excluding steroid dienone is 4. The fourth-order valence-corrected chi connectivity index (χ4v) is 5.45. The number of hydrogen-bond donors (Lipinski definition) is 2. The lowest BCUT2D eigenvalue weighted by atomic mass is 9.86. The summed E-state index contributed by atoms with van der Waals surface area (Å²) in [6.07, 6.45) is 15.0. The van der Waals surface area contributed by atoms with E-state index in [1.165, 1.54) is 11.1 Å². The van der Waals surface area contributed by atoms with E-state index >= 15 is 0 Å². The van der Waals surface area contributed by atoms with E-state index in [0.29, 0.717) is 24.7 Å². The van der Waals surface area contributed by atoms with Gasteiger partial charge in [0, 0.05) is 23.0 Å². The molecule has 6 nitrogen and oxygen atoms in total. The number of fused-ring (bicyclic) bond motifs is 2. The van der Waals surface area contributed by atoms with E-state index in [4.69, 9.17) is 9.47 Å². The van der Waals surface area contributed by atoms with Crippen molar-refractivity contribution in [1.29, 1.82) is 0 Å². The molecule has 0 aromatic rings. The van der Waals surface area contributed by atoms with Crippen molar-refractivity contribution < 1.29 is 29.3 Å². The number of unbranched alkanes of at least 4 members (excludes halogenated alkanes) is 2. The van der Waals surface area contributed by atoms with Crippen molar-refractivity contribution in [2.75, 3.05) is 0 Å². The molecule has 2 atom stereocenters. The molecule has 4 bridgehead atoms. The Morgan fingerprint density at radius 1 is 0.714 bits per heavy atom. The molecule has 0 fully saturated rings. The maximum atomic E-state index is 11.3. The second-order valence-corrected chi connectivity index (χ2v) is 11.9. The first-order valence-corrected chi connectivity index (χ1v) is 13.2. The highest BCUT2D eigenvalue weighted by Gasteiger charge is 2.40. The Labute approximate surface area is 208 Å². The van der Waals surface area contributed by atoms with E-state index in [-0.39, 0.29) is 0 Å². The van der Waals surface area contributed by atoms with Crippen LogP contribution in [0, 0.1) is 22.7 Å². The van der Waals surface area contributed by atoms with Crippen molar-refractivity contribution in [3.8, 4) is 0 Å². The molecule has 6 heteroatoms. The number of carboxylic acids is 2. The first-order valence-electron chi connectivity index (χ1n) is 13.2. The zero-order chi connectivity index (χ0) is 25.4. The molecule has 0 saturated heterocycles. The van der Waals surface area contributed by atoms with E-state index in [1.54, 1.807) is 27.7 Å². The summed E-state index contributed by atoms with van der Waals surface area (Å²) in [5.74, 6) is 3.71. The van der Waals surface area contributed by atoms with Crippen LogP contribution in [0.15, 0.2) is 46.3 Å². The maximum Gasteiger partial charge on any atom is 0.309 e. The van der Waals surface area contributed by atoms with Crippen LogP contribution < -0.4 is 0 Å². The number of carboxylic acid groups (broad SMARTS) is 2. The highest BCUT2D eigenvalue weighted by atomic mass is 16.5. The molecule has 6 aliphatic rings. The van der Waals surface area contributed by atoms with Crippen LogP contribution in [-0.4, -0.2) is 22.2 Å². The Morgan fingerprint density at radius 2 is 1.14 bits per heavy atom. The van der Waals surface area contributed by atoms with E-state index in [0.717, 1.165) is 80.8 Å². The first kappa shape index (κ1) is 25.6. The van der Waals surface area contributed by atoms with E-state index in [1.807, 2.05) is 0 Å². The number of ether oxygens (including phenoxy) is 2. The minimum absolute atomic E-state index is 0.373. The molecule has 192 valence electrons. The smallest absolute Gasteiger partial charge is 0.309 e. The van der Waals surface area contributed by atoms with Crippen molar-refractivity contribution in [3.05, 3.63) is 46.3 Å². The van der Waals surface area contributed by atoms with Gasteiger partial charge >= 0.3 is 11.9 Å². The number of aliphatic carboxylic acids is 2. The van der Waals surface area contributed by atoms with Gasteiger partial charge in [-0.3, -0.25) is 9.59 Å². The Balaban J connectivity index is 1.15. The minimum Gasteiger partial charge on any atom is -0.481 e. The predicted molar refractivity (Wildman–Crippen MR) is 133 cm³/mol. The van der Waals surface area contributed by atoms with E-state index in [9.17, 15) is 19.8 Å². The molecule has 0 aromatic carbocycles. The van der Waals surface area contributed by atoms with Gasteiger partial charge in [0.15, 0.2) is 0 Å². The lowest BCUT2D eigenvalue weighted by molar-refractivity contribution is -0.148. The van der Waals surface area contributed by atoms with Gasteiger partial charge in [-0.1, -0.05) is 19.3 Å². The van der Waals surface area contributed by atoms with Crippen LogP contribution in [0.3, 0.4) is 0 Å². The summed E-state index contributed by atoms with van der Waals surface area (Å²) in [4.78, 5) is 22.5. The fourth-order valence-electron chi connectivity index (χ4n) is 5.45. The summed E-state index contributed by atoms with van der Waals surface area (Å²) in [5, 5.41) is 18.5. The monoisotopic (exact) mass is 484 g/mol. The summed E-state index contributed by atoms with van der Waals surface area (Å²) >= 11 is 0. The lowest BCUT2D eigenvalue weighted by Gasteiger charge is -2.25. The fraction of sp³-hybridized carbons (Fsp3) is 0.655. The van der Waals surface area contributed by atoms with E-state index in [2.05, 4.69) is 12.2 Å². The van der Waals surface area contributed by atoms with Gasteiger partial charge in [0.05, 0.1) is 10.8 Å². The van der Waals surface area contributed by atoms with Gasteiger partial charge in [0.1, 0.15) is 23.0 Å². The Kier molecular flexibility index (Phi) is 7.21. The third-order valence-corrected chi connectivity index (χ3v) is 8.15. The SMILES string of the molecule is CC(C)(CCCCC1=C2OC1=CC2CCCC1=C2OC1=CC2CCCCC(C)(C)C(=O)O)C(=O)O. The molecule has 0 aromatic heterocycles. The Hall–Kier alpha value is -2.50. The molecule has 0 spiro atoms. The molecule has 0 amide bonds. The van der Waals surface area contributed by atoms with Crippen molar-refractivity contribution in [1.82, 2.24) is 0 Å². The van der Waals surface area contributed by atoms with Crippen molar-refractivity contribution in [3.63, 3.8) is 0 Å². The average Bonchev–Trinajstić information content (AvgIpc) is 3.52. The molecular formula is C29H40O6. The summed E-state index contributed by atoms with van der Waals surface area (Å²) in [7, 11) is 0. The molecule has 2 aliphatic carbocycles. The Bertz CT molecular complexity index is 1010. The first-order chi connectivity index (χ1) is 16.5. The number of carbonyl (C=O) groups is 2. The van der Waals surface area contributed by atoms with Crippen LogP contribution in [0.25, 0.3) is 0 Å². The molecule has 0 radical (unpaired) electrons. The van der Waals surface area contributed by atoms with Gasteiger partial charge in [0.25, 0.3) is 0 Å². The summed E-state index contributed by atoms with van der Waals surface area (Å²) in [5.41, 5.74) is 1.44. The summed E-state index contributed by atoms with van der Waals surface area (Å²) in [6, 6.07) is 0. The largest absolute Gasteiger partial charge is 0.481 e. The van der Waals surface area contributed by atoms with Crippen molar-refractivity contribution in [2.24, 2.45) is 22.7 Å². The third-order valence-electron chi connectivity index (χ3n) is 8.15. The van der Waals surface area contributed by atoms with Crippen LogP contribution >= 0.6 is 0 Å². The summed E-state index contributed by atoms with van der Waals surface area (Å²) in [6.45, 7) is 7.18. The molecule has 6 rings (SSSR count). The Morgan fingerprint density at radius 3 is 1.63 bits per heavy atom. The molecular weight excluding hydrogens is 444 g/mol. The lowest BCUT2D eigenvalue weighted by Crippen LogP contribution is -2.23. The zero-order valence-corrected chi connectivity index (χ0v) is 21.6. The summed E-state index contributed by atoms with van der Waals surface area (Å²) < 4.78 is 11.7. The maximum absolute atomic E-state index is 11.3. The van der Waals surface area contributed by atoms with Crippen LogP contribution in [0.4, 0.5) is 0 Å². The van der Waals surface area contributed by atoms with E-state index < -0.39 is 22.8 Å². The minimum atomic E-state index is -0.724. The van der Waals surface area contributed by atoms with Gasteiger partial charge in [-0.2, -0.15) is 0 Å². The van der Waals surface area contributed by atoms with Gasteiger partial charge in [-0.15, -0.1) is 0 Å². The topological polar surface area (TPSA) is 93.1 Å². The standard InChI is InChI=1S/C29H40O6/c1-28(2,26(30)31)14-7-5-10-18-16-23-21(24(18)35-23)13-9-11-19-17-22-20(25(19)34-22)12-6-8-15-29(3,4)27(32)33/h16-19H,5-15H2,1-4H3,(H,30,31)(H,32,33). The van der Waals surface area contributed by atoms with Crippen LogP contribution in [0.1, 0.15) is 98.3 Å². The molecule has 4 heterocycles. The highest BCUT2D eigenvalue weighted by molar-refractivity contribution is 5.73. The van der Waals surface area contributed by atoms with Crippen molar-refractivity contribution in [2.45, 2.75) is 98.3 Å². The second kappa shape index (κ2) is 9.87. The van der Waals surface area contributed by atoms with Crippen LogP contribution in [0.5, 0.6) is 0 Å². The third kappa shape index (κ3) is 5.36. The van der Waals surface area contributed by atoms with Crippen molar-refractivity contribution >= 4 is 11.9 Å². The predicted octanol–water partition coefficient (Wildman–Crippen LogP) is 7.10. The quantitative estimate of drug-likeness (QED) is 0.227. The van der Waals surface area contributed by atoms with Crippen LogP contribution in [-0.2, 0) is 19.1 Å². The number of hydrogen-bond acceptors (Lipinski definition) is 4. The normalized spacial score (nSPS) is 22.3. The highest BCUT2D eigenvalue weighted by Crippen LogP contribution is 2.50. The van der Waals surface area contributed by atoms with Crippen LogP contribution in [0.2, 0.25) is 0 Å². The molecule has 2 unspecified atom stereocenters. The zero-order valence-electron chi connectivity index (χ0n) is 21.6. The molecule has 4 aliphatic heterocycles.